The number of carbonyl (C=O) groups excluding carboxylic acids is 1. The summed E-state index contributed by atoms with van der Waals surface area (Å²) < 4.78 is 1.70. The fourth-order valence-electron chi connectivity index (χ4n) is 1.73. The van der Waals surface area contributed by atoms with Crippen molar-refractivity contribution in [3.05, 3.63) is 34.8 Å². The van der Waals surface area contributed by atoms with Gasteiger partial charge in [0.1, 0.15) is 6.04 Å². The number of carbonyl (C=O) groups is 1. The molecule has 0 bridgehead atoms. The Morgan fingerprint density at radius 3 is 3.05 bits per heavy atom. The van der Waals surface area contributed by atoms with Gasteiger partial charge in [-0.05, 0) is 24.8 Å². The summed E-state index contributed by atoms with van der Waals surface area (Å²) in [6.45, 7) is 2.51. The topological polar surface area (TPSA) is 59.0 Å². The number of aromatic nitrogens is 2. The predicted molar refractivity (Wildman–Crippen MR) is 77.3 cm³/mol. The third kappa shape index (κ3) is 4.10. The zero-order valence-corrected chi connectivity index (χ0v) is 11.9. The van der Waals surface area contributed by atoms with Gasteiger partial charge in [-0.15, -0.1) is 11.3 Å². The molecule has 19 heavy (non-hydrogen) atoms. The van der Waals surface area contributed by atoms with Crippen LogP contribution in [-0.4, -0.2) is 28.3 Å². The van der Waals surface area contributed by atoms with E-state index in [4.69, 9.17) is 0 Å². The van der Waals surface area contributed by atoms with E-state index in [1.807, 2.05) is 31.6 Å². The van der Waals surface area contributed by atoms with E-state index in [1.165, 1.54) is 4.88 Å². The number of amides is 1. The number of nitrogens with one attached hydrogen (secondary N) is 2. The van der Waals surface area contributed by atoms with Gasteiger partial charge in [0.05, 0.1) is 11.9 Å². The highest BCUT2D eigenvalue weighted by atomic mass is 32.1. The Labute approximate surface area is 116 Å². The van der Waals surface area contributed by atoms with Crippen LogP contribution >= 0.6 is 11.3 Å². The molecule has 0 saturated heterocycles. The van der Waals surface area contributed by atoms with Gasteiger partial charge in [-0.1, -0.05) is 6.07 Å². The largest absolute Gasteiger partial charge is 0.371 e. The van der Waals surface area contributed by atoms with E-state index in [2.05, 4.69) is 21.8 Å². The molecule has 0 radical (unpaired) electrons. The van der Waals surface area contributed by atoms with Crippen LogP contribution in [0.2, 0.25) is 0 Å². The highest BCUT2D eigenvalue weighted by Crippen LogP contribution is 2.08. The first-order chi connectivity index (χ1) is 9.15. The molecule has 2 N–H and O–H groups in total. The zero-order chi connectivity index (χ0) is 13.7. The fourth-order valence-corrected chi connectivity index (χ4v) is 2.44. The van der Waals surface area contributed by atoms with Crippen LogP contribution in [0, 0.1) is 0 Å². The average Bonchev–Trinajstić information content (AvgIpc) is 3.01. The number of hydrogen-bond acceptors (Lipinski definition) is 4. The number of nitrogens with zero attached hydrogens (tertiary/aromatic N) is 2. The lowest BCUT2D eigenvalue weighted by Gasteiger charge is -2.13. The van der Waals surface area contributed by atoms with Gasteiger partial charge in [0.2, 0.25) is 5.91 Å². The quantitative estimate of drug-likeness (QED) is 0.844. The molecule has 2 heterocycles. The Morgan fingerprint density at radius 1 is 1.58 bits per heavy atom. The number of aryl methyl sites for hydroxylation is 1. The summed E-state index contributed by atoms with van der Waals surface area (Å²) in [4.78, 5) is 13.2. The minimum atomic E-state index is -0.271. The molecule has 0 spiro atoms. The Kier molecular flexibility index (Phi) is 4.57. The molecule has 1 amide bonds. The average molecular weight is 278 g/mol. The zero-order valence-electron chi connectivity index (χ0n) is 11.1. The maximum absolute atomic E-state index is 11.9. The van der Waals surface area contributed by atoms with Crippen molar-refractivity contribution in [1.82, 2.24) is 15.1 Å². The molecule has 2 rings (SSSR count). The van der Waals surface area contributed by atoms with Crippen molar-refractivity contribution in [3.8, 4) is 0 Å². The second-order valence-electron chi connectivity index (χ2n) is 4.39. The van der Waals surface area contributed by atoms with Gasteiger partial charge in [-0.2, -0.15) is 5.10 Å². The van der Waals surface area contributed by atoms with Crippen molar-refractivity contribution in [2.24, 2.45) is 7.05 Å². The summed E-state index contributed by atoms with van der Waals surface area (Å²) in [7, 11) is 1.84. The Hall–Kier alpha value is -1.82. The molecule has 0 aliphatic heterocycles. The van der Waals surface area contributed by atoms with Crippen molar-refractivity contribution >= 4 is 22.9 Å². The number of anilines is 1. The van der Waals surface area contributed by atoms with Crippen LogP contribution in [0.3, 0.4) is 0 Å². The van der Waals surface area contributed by atoms with E-state index in [1.54, 1.807) is 22.2 Å². The number of hydrogen-bond donors (Lipinski definition) is 2. The van der Waals surface area contributed by atoms with Gasteiger partial charge in [0, 0.05) is 24.7 Å². The molecule has 102 valence electrons. The molecule has 0 unspecified atom stereocenters. The second kappa shape index (κ2) is 6.38. The fraction of sp³-hybridized carbons (Fsp3) is 0.385. The van der Waals surface area contributed by atoms with E-state index >= 15 is 0 Å². The van der Waals surface area contributed by atoms with E-state index in [0.717, 1.165) is 12.1 Å². The minimum absolute atomic E-state index is 0.000379. The molecule has 1 atom stereocenters. The van der Waals surface area contributed by atoms with Crippen molar-refractivity contribution in [2.45, 2.75) is 19.4 Å². The Balaban J connectivity index is 1.73. The molecule has 0 saturated carbocycles. The lowest BCUT2D eigenvalue weighted by Crippen LogP contribution is -2.38. The van der Waals surface area contributed by atoms with Gasteiger partial charge < -0.3 is 10.6 Å². The number of thiophene rings is 1. The summed E-state index contributed by atoms with van der Waals surface area (Å²) in [5.74, 6) is 0.000379. The molecular formula is C13H18N4OS. The molecule has 0 aliphatic carbocycles. The van der Waals surface area contributed by atoms with Crippen LogP contribution in [0.25, 0.3) is 0 Å². The van der Waals surface area contributed by atoms with Crippen LogP contribution in [0.4, 0.5) is 5.69 Å². The van der Waals surface area contributed by atoms with E-state index in [0.29, 0.717) is 6.54 Å². The lowest BCUT2D eigenvalue weighted by molar-refractivity contribution is -0.121. The third-order valence-electron chi connectivity index (χ3n) is 2.73. The molecule has 5 nitrogen and oxygen atoms in total. The summed E-state index contributed by atoms with van der Waals surface area (Å²) in [6, 6.07) is 3.83. The van der Waals surface area contributed by atoms with Crippen LogP contribution in [0.15, 0.2) is 29.9 Å². The number of rotatable bonds is 6. The SMILES string of the molecule is C[C@H](Nc1cnn(C)c1)C(=O)NCCc1cccs1. The molecule has 0 aromatic carbocycles. The molecular weight excluding hydrogens is 260 g/mol. The van der Waals surface area contributed by atoms with Crippen molar-refractivity contribution in [2.75, 3.05) is 11.9 Å². The molecule has 2 aromatic rings. The highest BCUT2D eigenvalue weighted by molar-refractivity contribution is 7.09. The Morgan fingerprint density at radius 2 is 2.42 bits per heavy atom. The summed E-state index contributed by atoms with van der Waals surface area (Å²) in [6.07, 6.45) is 4.42. The van der Waals surface area contributed by atoms with Gasteiger partial charge in [-0.25, -0.2) is 0 Å². The van der Waals surface area contributed by atoms with Gasteiger partial charge in [0.25, 0.3) is 0 Å². The first-order valence-electron chi connectivity index (χ1n) is 6.20. The maximum atomic E-state index is 11.9. The molecule has 0 aliphatic rings. The second-order valence-corrected chi connectivity index (χ2v) is 5.42. The first-order valence-corrected chi connectivity index (χ1v) is 7.08. The van der Waals surface area contributed by atoms with Crippen molar-refractivity contribution in [1.29, 1.82) is 0 Å². The lowest BCUT2D eigenvalue weighted by atomic mass is 10.3. The maximum Gasteiger partial charge on any atom is 0.242 e. The standard InChI is InChI=1S/C13H18N4OS/c1-10(16-11-8-15-17(2)9-11)13(18)14-6-5-12-4-3-7-19-12/h3-4,7-10,16H,5-6H2,1-2H3,(H,14,18)/t10-/m0/s1. The van der Waals surface area contributed by atoms with Crippen molar-refractivity contribution in [3.63, 3.8) is 0 Å². The summed E-state index contributed by atoms with van der Waals surface area (Å²) in [5.41, 5.74) is 0.850. The summed E-state index contributed by atoms with van der Waals surface area (Å²) in [5, 5.41) is 12.1. The van der Waals surface area contributed by atoms with Gasteiger partial charge >= 0.3 is 0 Å². The van der Waals surface area contributed by atoms with Crippen molar-refractivity contribution < 1.29 is 4.79 Å². The van der Waals surface area contributed by atoms with Crippen LogP contribution in [0.1, 0.15) is 11.8 Å². The minimum Gasteiger partial charge on any atom is -0.371 e. The smallest absolute Gasteiger partial charge is 0.242 e. The van der Waals surface area contributed by atoms with Crippen LogP contribution in [0.5, 0.6) is 0 Å². The van der Waals surface area contributed by atoms with Crippen LogP contribution < -0.4 is 10.6 Å². The third-order valence-corrected chi connectivity index (χ3v) is 3.67. The summed E-state index contributed by atoms with van der Waals surface area (Å²) >= 11 is 1.71. The normalized spacial score (nSPS) is 12.1. The van der Waals surface area contributed by atoms with Gasteiger partial charge in [0.15, 0.2) is 0 Å². The highest BCUT2D eigenvalue weighted by Gasteiger charge is 2.12. The van der Waals surface area contributed by atoms with E-state index in [9.17, 15) is 4.79 Å². The molecule has 0 fully saturated rings. The predicted octanol–water partition coefficient (Wildman–Crippen LogP) is 1.64. The Bertz CT molecular complexity index is 520. The molecule has 2 aromatic heterocycles. The van der Waals surface area contributed by atoms with Gasteiger partial charge in [-0.3, -0.25) is 9.48 Å². The first kappa shape index (κ1) is 13.6. The molecule has 6 heteroatoms. The van der Waals surface area contributed by atoms with E-state index < -0.39 is 0 Å². The van der Waals surface area contributed by atoms with Crippen LogP contribution in [-0.2, 0) is 18.3 Å². The van der Waals surface area contributed by atoms with E-state index in [-0.39, 0.29) is 11.9 Å². The monoisotopic (exact) mass is 278 g/mol.